The number of nitro groups is 1. The second-order valence-electron chi connectivity index (χ2n) is 3.01. The van der Waals surface area contributed by atoms with Crippen molar-refractivity contribution in [2.45, 2.75) is 6.23 Å². The first-order chi connectivity index (χ1) is 8.06. The smallest absolute Gasteiger partial charge is 0.332 e. The summed E-state index contributed by atoms with van der Waals surface area (Å²) in [6.07, 6.45) is -0.348. The van der Waals surface area contributed by atoms with E-state index in [0.717, 1.165) is 6.08 Å². The summed E-state index contributed by atoms with van der Waals surface area (Å²) in [7, 11) is 0. The highest BCUT2D eigenvalue weighted by molar-refractivity contribution is 5.81. The molecular formula is C11H11N2O4. The molecule has 6 nitrogen and oxygen atoms in total. The number of rotatable bonds is 5. The topological polar surface area (TPSA) is 72.7 Å². The molecule has 17 heavy (non-hydrogen) atoms. The Labute approximate surface area is 98.2 Å². The third-order valence-corrected chi connectivity index (χ3v) is 1.89. The second-order valence-corrected chi connectivity index (χ2v) is 3.01. The molecule has 0 saturated carbocycles. The van der Waals surface area contributed by atoms with Crippen LogP contribution in [0.3, 0.4) is 0 Å². The minimum Gasteiger partial charge on any atom is -0.432 e. The Hall–Kier alpha value is -2.37. The molecule has 0 aromatic heterocycles. The van der Waals surface area contributed by atoms with E-state index in [1.54, 1.807) is 18.2 Å². The first-order valence-electron chi connectivity index (χ1n) is 4.71. The van der Waals surface area contributed by atoms with Gasteiger partial charge in [-0.25, -0.2) is 14.9 Å². The summed E-state index contributed by atoms with van der Waals surface area (Å²) in [6.45, 7) is 6.62. The number of ether oxygens (including phenoxy) is 1. The van der Waals surface area contributed by atoms with E-state index in [1.807, 2.05) is 0 Å². The van der Waals surface area contributed by atoms with Crippen LogP contribution >= 0.6 is 0 Å². The van der Waals surface area contributed by atoms with Gasteiger partial charge in [0.05, 0.1) is 0 Å². The van der Waals surface area contributed by atoms with E-state index < -0.39 is 17.2 Å². The van der Waals surface area contributed by atoms with Crippen LogP contribution in [0.25, 0.3) is 0 Å². The second kappa shape index (κ2) is 5.64. The van der Waals surface area contributed by atoms with Crippen LogP contribution in [0.2, 0.25) is 0 Å². The number of esters is 1. The molecule has 1 unspecified atom stereocenters. The van der Waals surface area contributed by atoms with E-state index in [-0.39, 0.29) is 5.69 Å². The average Bonchev–Trinajstić information content (AvgIpc) is 2.29. The SMILES string of the molecule is [CH2]C(OC(=O)C=C)N(c1ccccc1)[N+](=O)[O-]. The van der Waals surface area contributed by atoms with Gasteiger partial charge in [-0.05, 0) is 12.1 Å². The van der Waals surface area contributed by atoms with Gasteiger partial charge in [0, 0.05) is 13.0 Å². The number of carbonyl (C=O) groups excluding carboxylic acids is 1. The standard InChI is InChI=1S/C11H11N2O4/c1-3-11(14)17-9(2)12(13(15)16)10-7-5-4-6-8-10/h3-9H,1-2H2. The van der Waals surface area contributed by atoms with E-state index in [1.165, 1.54) is 12.1 Å². The Kier molecular flexibility index (Phi) is 4.21. The average molecular weight is 235 g/mol. The summed E-state index contributed by atoms with van der Waals surface area (Å²) in [5, 5.41) is 10.8. The van der Waals surface area contributed by atoms with E-state index >= 15 is 0 Å². The largest absolute Gasteiger partial charge is 0.432 e. The first-order valence-corrected chi connectivity index (χ1v) is 4.71. The van der Waals surface area contributed by atoms with E-state index in [0.29, 0.717) is 5.01 Å². The number of para-hydroxylation sites is 1. The molecule has 0 aliphatic heterocycles. The van der Waals surface area contributed by atoms with Gasteiger partial charge in [0.2, 0.25) is 6.23 Å². The van der Waals surface area contributed by atoms with Crippen LogP contribution in [-0.2, 0) is 9.53 Å². The maximum absolute atomic E-state index is 11.0. The Morgan fingerprint density at radius 1 is 1.47 bits per heavy atom. The summed E-state index contributed by atoms with van der Waals surface area (Å²) in [5.74, 6) is -0.771. The van der Waals surface area contributed by atoms with Crippen LogP contribution in [0.15, 0.2) is 43.0 Å². The van der Waals surface area contributed by atoms with Gasteiger partial charge in [0.1, 0.15) is 5.69 Å². The predicted octanol–water partition coefficient (Wildman–Crippen LogP) is 1.57. The Morgan fingerprint density at radius 2 is 2.06 bits per heavy atom. The lowest BCUT2D eigenvalue weighted by Crippen LogP contribution is -2.41. The molecule has 0 aliphatic rings. The highest BCUT2D eigenvalue weighted by Crippen LogP contribution is 2.16. The molecule has 0 aliphatic carbocycles. The summed E-state index contributed by atoms with van der Waals surface area (Å²) >= 11 is 0. The van der Waals surface area contributed by atoms with Gasteiger partial charge in [-0.1, -0.05) is 29.8 Å². The molecule has 0 fully saturated rings. The van der Waals surface area contributed by atoms with Crippen molar-refractivity contribution < 1.29 is 14.6 Å². The highest BCUT2D eigenvalue weighted by Gasteiger charge is 2.27. The van der Waals surface area contributed by atoms with Crippen LogP contribution in [-0.4, -0.2) is 17.2 Å². The molecule has 0 spiro atoms. The number of hydrazine groups is 1. The summed E-state index contributed by atoms with van der Waals surface area (Å²) in [5.41, 5.74) is 0.273. The van der Waals surface area contributed by atoms with Crippen molar-refractivity contribution >= 4 is 11.7 Å². The minimum atomic E-state index is -1.27. The normalized spacial score (nSPS) is 11.4. The van der Waals surface area contributed by atoms with Crippen molar-refractivity contribution in [1.82, 2.24) is 0 Å². The van der Waals surface area contributed by atoms with Crippen LogP contribution in [0.4, 0.5) is 5.69 Å². The van der Waals surface area contributed by atoms with Gasteiger partial charge in [-0.2, -0.15) is 0 Å². The molecule has 1 aromatic carbocycles. The van der Waals surface area contributed by atoms with Crippen molar-refractivity contribution in [2.75, 3.05) is 5.01 Å². The fourth-order valence-corrected chi connectivity index (χ4v) is 1.18. The van der Waals surface area contributed by atoms with E-state index in [2.05, 4.69) is 13.5 Å². The summed E-state index contributed by atoms with van der Waals surface area (Å²) in [6, 6.07) is 8.02. The van der Waals surface area contributed by atoms with Crippen molar-refractivity contribution in [2.24, 2.45) is 0 Å². The van der Waals surface area contributed by atoms with E-state index in [4.69, 9.17) is 4.74 Å². The van der Waals surface area contributed by atoms with Gasteiger partial charge in [-0.3, -0.25) is 0 Å². The third kappa shape index (κ3) is 3.30. The molecule has 1 aromatic rings. The lowest BCUT2D eigenvalue weighted by Gasteiger charge is -2.20. The molecule has 0 amide bonds. The zero-order chi connectivity index (χ0) is 12.8. The van der Waals surface area contributed by atoms with Crippen molar-refractivity contribution in [1.29, 1.82) is 0 Å². The lowest BCUT2D eigenvalue weighted by atomic mass is 10.3. The monoisotopic (exact) mass is 235 g/mol. The molecule has 89 valence electrons. The number of nitrogens with zero attached hydrogens (tertiary/aromatic N) is 2. The summed E-state index contributed by atoms with van der Waals surface area (Å²) in [4.78, 5) is 21.8. The van der Waals surface area contributed by atoms with Crippen LogP contribution in [0.5, 0.6) is 0 Å². The highest BCUT2D eigenvalue weighted by atomic mass is 16.7. The third-order valence-electron chi connectivity index (χ3n) is 1.89. The number of hydrogen-bond acceptors (Lipinski definition) is 4. The molecule has 0 heterocycles. The van der Waals surface area contributed by atoms with Crippen molar-refractivity contribution in [3.05, 3.63) is 60.0 Å². The molecular weight excluding hydrogens is 224 g/mol. The number of benzene rings is 1. The lowest BCUT2D eigenvalue weighted by molar-refractivity contribution is -0.505. The molecule has 1 atom stereocenters. The Morgan fingerprint density at radius 3 is 2.53 bits per heavy atom. The molecule has 0 N–H and O–H groups in total. The van der Waals surface area contributed by atoms with E-state index in [9.17, 15) is 14.9 Å². The Bertz CT molecular complexity index is 419. The molecule has 6 heteroatoms. The van der Waals surface area contributed by atoms with Crippen molar-refractivity contribution in [3.63, 3.8) is 0 Å². The zero-order valence-electron chi connectivity index (χ0n) is 8.98. The molecule has 0 saturated heterocycles. The van der Waals surface area contributed by atoms with Crippen LogP contribution in [0.1, 0.15) is 0 Å². The number of anilines is 1. The maximum Gasteiger partial charge on any atom is 0.332 e. The number of carbonyl (C=O) groups is 1. The van der Waals surface area contributed by atoms with Crippen LogP contribution in [0, 0.1) is 17.0 Å². The zero-order valence-corrected chi connectivity index (χ0v) is 8.98. The predicted molar refractivity (Wildman–Crippen MR) is 61.3 cm³/mol. The summed E-state index contributed by atoms with van der Waals surface area (Å²) < 4.78 is 4.69. The fourth-order valence-electron chi connectivity index (χ4n) is 1.18. The number of hydrogen-bond donors (Lipinski definition) is 0. The molecule has 1 radical (unpaired) electrons. The van der Waals surface area contributed by atoms with Crippen molar-refractivity contribution in [3.8, 4) is 0 Å². The fraction of sp³-hybridized carbons (Fsp3) is 0.0909. The van der Waals surface area contributed by atoms with Crippen LogP contribution < -0.4 is 5.01 Å². The first kappa shape index (κ1) is 12.7. The van der Waals surface area contributed by atoms with Gasteiger partial charge in [0.15, 0.2) is 5.03 Å². The van der Waals surface area contributed by atoms with Gasteiger partial charge in [0.25, 0.3) is 0 Å². The minimum absolute atomic E-state index is 0.273. The quantitative estimate of drug-likeness (QED) is 0.255. The van der Waals surface area contributed by atoms with Gasteiger partial charge < -0.3 is 4.74 Å². The molecule has 0 bridgehead atoms. The van der Waals surface area contributed by atoms with Gasteiger partial charge in [-0.15, -0.1) is 0 Å². The molecule has 1 rings (SSSR count). The Balaban J connectivity index is 2.90. The maximum atomic E-state index is 11.0. The van der Waals surface area contributed by atoms with Gasteiger partial charge >= 0.3 is 5.97 Å².